The molecule has 1 aromatic rings. The van der Waals surface area contributed by atoms with E-state index in [0.29, 0.717) is 17.4 Å². The average molecular weight is 492 g/mol. The molecule has 0 saturated heterocycles. The lowest BCUT2D eigenvalue weighted by Gasteiger charge is -2.58. The largest absolute Gasteiger partial charge is 0.493 e. The molecule has 2 atom stereocenters. The van der Waals surface area contributed by atoms with Crippen LogP contribution in [0.4, 0.5) is 0 Å². The number of hydrogen-bond acceptors (Lipinski definition) is 6. The third kappa shape index (κ3) is 3.94. The van der Waals surface area contributed by atoms with Crippen LogP contribution in [0.1, 0.15) is 44.9 Å². The van der Waals surface area contributed by atoms with Gasteiger partial charge in [-0.2, -0.15) is 4.31 Å². The highest BCUT2D eigenvalue weighted by atomic mass is 32.2. The standard InChI is InChI=1S/C24H33N3O6S/c1-32-19-6-5-18(9-20(19)33-2)34(30,31)27(17-3-4-17)13-21(28)26-22-15-7-14-8-16(22)12-24(10-14,11-15)23(25)29/h5-6,9,14-17,22H,3-4,7-8,10-13H2,1-2H3,(H2,25,29)(H,26,28). The molecule has 5 saturated carbocycles. The van der Waals surface area contributed by atoms with Gasteiger partial charge in [-0.25, -0.2) is 8.42 Å². The van der Waals surface area contributed by atoms with Gasteiger partial charge in [0.25, 0.3) is 0 Å². The highest BCUT2D eigenvalue weighted by Gasteiger charge is 2.58. The van der Waals surface area contributed by atoms with Crippen LogP contribution in [-0.2, 0) is 19.6 Å². The Bertz CT molecular complexity index is 1090. The van der Waals surface area contributed by atoms with Gasteiger partial charge in [-0.05, 0) is 74.8 Å². The van der Waals surface area contributed by atoms with Gasteiger partial charge in [0.15, 0.2) is 11.5 Å². The lowest BCUT2D eigenvalue weighted by molar-refractivity contribution is -0.147. The van der Waals surface area contributed by atoms with Gasteiger partial charge in [-0.3, -0.25) is 9.59 Å². The number of benzene rings is 1. The summed E-state index contributed by atoms with van der Waals surface area (Å²) < 4.78 is 38.7. The van der Waals surface area contributed by atoms with E-state index in [1.165, 1.54) is 30.7 Å². The number of carbonyl (C=O) groups excluding carboxylic acids is 2. The van der Waals surface area contributed by atoms with Crippen molar-refractivity contribution >= 4 is 21.8 Å². The maximum Gasteiger partial charge on any atom is 0.243 e. The Morgan fingerprint density at radius 3 is 2.29 bits per heavy atom. The molecule has 9 nitrogen and oxygen atoms in total. The molecule has 186 valence electrons. The van der Waals surface area contributed by atoms with Gasteiger partial charge in [0, 0.05) is 23.6 Å². The molecule has 0 aliphatic heterocycles. The van der Waals surface area contributed by atoms with E-state index in [-0.39, 0.29) is 47.2 Å². The normalized spacial score (nSPS) is 32.0. The van der Waals surface area contributed by atoms with Gasteiger partial charge in [-0.15, -0.1) is 0 Å². The molecule has 10 heteroatoms. The number of ether oxygens (including phenoxy) is 2. The molecule has 5 fully saturated rings. The number of methoxy groups -OCH3 is 2. The second-order valence-electron chi connectivity index (χ2n) is 10.5. The molecule has 6 rings (SSSR count). The van der Waals surface area contributed by atoms with Crippen LogP contribution in [0.2, 0.25) is 0 Å². The lowest BCUT2D eigenvalue weighted by atomic mass is 9.47. The third-order valence-electron chi connectivity index (χ3n) is 8.34. The molecule has 1 aromatic carbocycles. The van der Waals surface area contributed by atoms with E-state index >= 15 is 0 Å². The van der Waals surface area contributed by atoms with E-state index < -0.39 is 15.4 Å². The van der Waals surface area contributed by atoms with Gasteiger partial charge >= 0.3 is 0 Å². The molecule has 2 amide bonds. The summed E-state index contributed by atoms with van der Waals surface area (Å²) in [5.74, 6) is 1.19. The predicted molar refractivity (Wildman–Crippen MR) is 124 cm³/mol. The molecule has 0 heterocycles. The minimum Gasteiger partial charge on any atom is -0.493 e. The smallest absolute Gasteiger partial charge is 0.243 e. The molecule has 0 radical (unpaired) electrons. The van der Waals surface area contributed by atoms with Crippen molar-refractivity contribution < 1.29 is 27.5 Å². The van der Waals surface area contributed by atoms with Crippen LogP contribution in [0.5, 0.6) is 11.5 Å². The van der Waals surface area contributed by atoms with Crippen LogP contribution in [0.25, 0.3) is 0 Å². The summed E-state index contributed by atoms with van der Waals surface area (Å²) in [5.41, 5.74) is 5.35. The first-order valence-corrected chi connectivity index (χ1v) is 13.4. The summed E-state index contributed by atoms with van der Waals surface area (Å²) in [5, 5.41) is 3.15. The van der Waals surface area contributed by atoms with Crippen LogP contribution >= 0.6 is 0 Å². The number of hydrogen-bond donors (Lipinski definition) is 2. The van der Waals surface area contributed by atoms with Gasteiger partial charge in [-0.1, -0.05) is 0 Å². The third-order valence-corrected chi connectivity index (χ3v) is 10.2. The molecular weight excluding hydrogens is 458 g/mol. The molecule has 2 unspecified atom stereocenters. The second-order valence-corrected chi connectivity index (χ2v) is 12.4. The topological polar surface area (TPSA) is 128 Å². The number of nitrogens with two attached hydrogens (primary N) is 1. The van der Waals surface area contributed by atoms with Gasteiger partial charge in [0.2, 0.25) is 21.8 Å². The van der Waals surface area contributed by atoms with Crippen LogP contribution in [0.3, 0.4) is 0 Å². The van der Waals surface area contributed by atoms with E-state index in [1.54, 1.807) is 6.07 Å². The van der Waals surface area contributed by atoms with Crippen molar-refractivity contribution in [3.05, 3.63) is 18.2 Å². The summed E-state index contributed by atoms with van der Waals surface area (Å²) in [6.07, 6.45) is 5.76. The predicted octanol–water partition coefficient (Wildman–Crippen LogP) is 1.65. The number of amides is 2. The Hall–Kier alpha value is -2.33. The van der Waals surface area contributed by atoms with Gasteiger partial charge in [0.05, 0.1) is 25.7 Å². The Balaban J connectivity index is 1.31. The first-order chi connectivity index (χ1) is 16.2. The fourth-order valence-electron chi connectivity index (χ4n) is 6.82. The van der Waals surface area contributed by atoms with Crippen molar-refractivity contribution in [2.24, 2.45) is 28.9 Å². The summed E-state index contributed by atoms with van der Waals surface area (Å²) in [6, 6.07) is 4.26. The van der Waals surface area contributed by atoms with Crippen LogP contribution in [-0.4, -0.2) is 57.4 Å². The highest BCUT2D eigenvalue weighted by Crippen LogP contribution is 2.59. The minimum absolute atomic E-state index is 0.0265. The van der Waals surface area contributed by atoms with Crippen molar-refractivity contribution in [1.82, 2.24) is 9.62 Å². The van der Waals surface area contributed by atoms with E-state index in [4.69, 9.17) is 15.2 Å². The number of sulfonamides is 1. The fraction of sp³-hybridized carbons (Fsp3) is 0.667. The number of nitrogens with zero attached hydrogens (tertiary/aromatic N) is 1. The molecular formula is C24H33N3O6S. The fourth-order valence-corrected chi connectivity index (χ4v) is 8.48. The van der Waals surface area contributed by atoms with Crippen molar-refractivity contribution in [3.8, 4) is 11.5 Å². The van der Waals surface area contributed by atoms with Crippen LogP contribution in [0.15, 0.2) is 23.1 Å². The Morgan fingerprint density at radius 2 is 1.74 bits per heavy atom. The maximum atomic E-state index is 13.5. The van der Waals surface area contributed by atoms with Crippen molar-refractivity contribution in [1.29, 1.82) is 0 Å². The molecule has 0 spiro atoms. The van der Waals surface area contributed by atoms with E-state index in [0.717, 1.165) is 44.9 Å². The highest BCUT2D eigenvalue weighted by molar-refractivity contribution is 7.89. The van der Waals surface area contributed by atoms with Crippen molar-refractivity contribution in [3.63, 3.8) is 0 Å². The van der Waals surface area contributed by atoms with Gasteiger partial charge < -0.3 is 20.5 Å². The van der Waals surface area contributed by atoms with Crippen molar-refractivity contribution in [2.75, 3.05) is 20.8 Å². The number of carbonyl (C=O) groups is 2. The summed E-state index contributed by atoms with van der Waals surface area (Å²) in [7, 11) is -0.956. The van der Waals surface area contributed by atoms with E-state index in [9.17, 15) is 18.0 Å². The molecule has 5 aliphatic rings. The summed E-state index contributed by atoms with van der Waals surface area (Å²) in [6.45, 7) is -0.221. The molecule has 3 N–H and O–H groups in total. The zero-order valence-electron chi connectivity index (χ0n) is 19.7. The molecule has 5 aliphatic carbocycles. The average Bonchev–Trinajstić information content (AvgIpc) is 3.63. The summed E-state index contributed by atoms with van der Waals surface area (Å²) in [4.78, 5) is 25.4. The SMILES string of the molecule is COc1ccc(S(=O)(=O)N(CC(=O)NC2C3CC4CC2CC(C(N)=O)(C4)C3)C2CC2)cc1OC. The second kappa shape index (κ2) is 8.41. The first-order valence-electron chi connectivity index (χ1n) is 12.0. The molecule has 0 aromatic heterocycles. The maximum absolute atomic E-state index is 13.5. The quantitative estimate of drug-likeness (QED) is 0.541. The van der Waals surface area contributed by atoms with E-state index in [2.05, 4.69) is 5.32 Å². The zero-order valence-corrected chi connectivity index (χ0v) is 20.5. The molecule has 34 heavy (non-hydrogen) atoms. The lowest BCUT2D eigenvalue weighted by Crippen LogP contribution is -2.62. The Kier molecular flexibility index (Phi) is 5.79. The number of rotatable bonds is 9. The van der Waals surface area contributed by atoms with Gasteiger partial charge in [0.1, 0.15) is 0 Å². The Labute approximate surface area is 200 Å². The number of nitrogens with one attached hydrogen (secondary N) is 1. The number of primary amides is 1. The van der Waals surface area contributed by atoms with E-state index in [1.807, 2.05) is 0 Å². The van der Waals surface area contributed by atoms with Crippen LogP contribution < -0.4 is 20.5 Å². The van der Waals surface area contributed by atoms with Crippen molar-refractivity contribution in [2.45, 2.75) is 61.9 Å². The van der Waals surface area contributed by atoms with Crippen LogP contribution in [0, 0.1) is 23.2 Å². The minimum atomic E-state index is -3.90. The Morgan fingerprint density at radius 1 is 1.09 bits per heavy atom. The zero-order chi connectivity index (χ0) is 24.3. The molecule has 4 bridgehead atoms. The monoisotopic (exact) mass is 491 g/mol. The first kappa shape index (κ1) is 23.4. The summed E-state index contributed by atoms with van der Waals surface area (Å²) >= 11 is 0.